The van der Waals surface area contributed by atoms with Crippen LogP contribution < -0.4 is 10.9 Å². The summed E-state index contributed by atoms with van der Waals surface area (Å²) in [5.41, 5.74) is 5.43. The van der Waals surface area contributed by atoms with E-state index < -0.39 is 11.8 Å². The van der Waals surface area contributed by atoms with E-state index in [9.17, 15) is 9.59 Å². The Hall–Kier alpha value is -2.96. The summed E-state index contributed by atoms with van der Waals surface area (Å²) in [5, 5.41) is 0. The molecule has 0 saturated carbocycles. The van der Waals surface area contributed by atoms with Crippen molar-refractivity contribution < 1.29 is 14.0 Å². The summed E-state index contributed by atoms with van der Waals surface area (Å²) in [6.07, 6.45) is 8.69. The van der Waals surface area contributed by atoms with Crippen molar-refractivity contribution >= 4 is 17.9 Å². The maximum Gasteiger partial charge on any atom is 0.273 e. The van der Waals surface area contributed by atoms with Gasteiger partial charge >= 0.3 is 0 Å². The molecule has 0 unspecified atom stereocenters. The van der Waals surface area contributed by atoms with Crippen molar-refractivity contribution in [1.82, 2.24) is 20.8 Å². The minimum Gasteiger partial charge on any atom is -0.469 e. The first kappa shape index (κ1) is 13.5. The lowest BCUT2D eigenvalue weighted by Crippen LogP contribution is -2.40. The van der Waals surface area contributed by atoms with Crippen molar-refractivity contribution in [3.63, 3.8) is 0 Å². The van der Waals surface area contributed by atoms with Crippen LogP contribution in [0.15, 0.2) is 41.4 Å². The topological polar surface area (TPSA) is 97.1 Å². The third-order valence-corrected chi connectivity index (χ3v) is 2.39. The fourth-order valence-electron chi connectivity index (χ4n) is 1.41. The largest absolute Gasteiger partial charge is 0.469 e. The van der Waals surface area contributed by atoms with Crippen LogP contribution >= 0.6 is 0 Å². The molecule has 0 bridgehead atoms. The van der Waals surface area contributed by atoms with Crippen molar-refractivity contribution in [3.05, 3.63) is 54.0 Å². The molecular weight excluding hydrogens is 260 g/mol. The Kier molecular flexibility index (Phi) is 4.23. The van der Waals surface area contributed by atoms with Gasteiger partial charge in [-0.15, -0.1) is 0 Å². The number of amides is 2. The van der Waals surface area contributed by atoms with Gasteiger partial charge in [0.1, 0.15) is 5.76 Å². The molecule has 2 aromatic rings. The van der Waals surface area contributed by atoms with Crippen LogP contribution in [-0.2, 0) is 4.79 Å². The molecule has 0 aliphatic carbocycles. The van der Waals surface area contributed by atoms with Crippen molar-refractivity contribution in [3.8, 4) is 0 Å². The standard InChI is InChI=1S/C13H12N4O3/c1-9-11(4-7-20-9)13(19)17-16-12(18)3-2-10-8-14-5-6-15-10/h2-8H,1H3,(H,16,18)(H,17,19). The monoisotopic (exact) mass is 272 g/mol. The molecular formula is C13H12N4O3. The highest BCUT2D eigenvalue weighted by Crippen LogP contribution is 2.07. The Morgan fingerprint density at radius 1 is 1.30 bits per heavy atom. The van der Waals surface area contributed by atoms with E-state index in [0.717, 1.165) is 0 Å². The van der Waals surface area contributed by atoms with E-state index in [-0.39, 0.29) is 0 Å². The number of carbonyl (C=O) groups excluding carboxylic acids is 2. The number of nitrogens with one attached hydrogen (secondary N) is 2. The maximum atomic E-state index is 11.7. The van der Waals surface area contributed by atoms with E-state index in [4.69, 9.17) is 4.42 Å². The van der Waals surface area contributed by atoms with E-state index in [2.05, 4.69) is 20.8 Å². The molecule has 0 aliphatic rings. The van der Waals surface area contributed by atoms with Gasteiger partial charge in [0.2, 0.25) is 0 Å². The van der Waals surface area contributed by atoms with Gasteiger partial charge in [-0.1, -0.05) is 0 Å². The molecule has 20 heavy (non-hydrogen) atoms. The molecule has 2 amide bonds. The fraction of sp³-hybridized carbons (Fsp3) is 0.0769. The van der Waals surface area contributed by atoms with Crippen molar-refractivity contribution in [2.45, 2.75) is 6.92 Å². The number of carbonyl (C=O) groups is 2. The molecule has 102 valence electrons. The second kappa shape index (κ2) is 6.28. The molecule has 0 fully saturated rings. The Balaban J connectivity index is 1.85. The van der Waals surface area contributed by atoms with Crippen LogP contribution in [0.4, 0.5) is 0 Å². The lowest BCUT2D eigenvalue weighted by Gasteiger charge is -2.03. The molecule has 2 aromatic heterocycles. The van der Waals surface area contributed by atoms with Gasteiger partial charge in [0, 0.05) is 18.5 Å². The molecule has 7 heteroatoms. The predicted octanol–water partition coefficient (Wildman–Crippen LogP) is 0.852. The van der Waals surface area contributed by atoms with E-state index in [1.807, 2.05) is 0 Å². The average molecular weight is 272 g/mol. The first-order valence-corrected chi connectivity index (χ1v) is 5.75. The summed E-state index contributed by atoms with van der Waals surface area (Å²) in [6.45, 7) is 1.66. The Morgan fingerprint density at radius 3 is 2.80 bits per heavy atom. The first-order valence-electron chi connectivity index (χ1n) is 5.75. The number of nitrogens with zero attached hydrogens (tertiary/aromatic N) is 2. The van der Waals surface area contributed by atoms with Gasteiger partial charge in [0.25, 0.3) is 11.8 Å². The molecule has 7 nitrogen and oxygen atoms in total. The van der Waals surface area contributed by atoms with Gasteiger partial charge in [0.15, 0.2) is 0 Å². The van der Waals surface area contributed by atoms with Crippen LogP contribution in [-0.4, -0.2) is 21.8 Å². The molecule has 0 aromatic carbocycles. The van der Waals surface area contributed by atoms with Crippen LogP contribution in [0.3, 0.4) is 0 Å². The Morgan fingerprint density at radius 2 is 2.15 bits per heavy atom. The van der Waals surface area contributed by atoms with Crippen molar-refractivity contribution in [1.29, 1.82) is 0 Å². The van der Waals surface area contributed by atoms with Crippen LogP contribution in [0.25, 0.3) is 6.08 Å². The summed E-state index contributed by atoms with van der Waals surface area (Å²) in [5.74, 6) is -0.450. The minimum absolute atomic E-state index is 0.364. The molecule has 0 spiro atoms. The molecule has 0 saturated heterocycles. The predicted molar refractivity (Wildman–Crippen MR) is 70.1 cm³/mol. The van der Waals surface area contributed by atoms with Crippen LogP contribution in [0.1, 0.15) is 21.8 Å². The zero-order valence-electron chi connectivity index (χ0n) is 10.7. The van der Waals surface area contributed by atoms with Crippen molar-refractivity contribution in [2.24, 2.45) is 0 Å². The summed E-state index contributed by atoms with van der Waals surface area (Å²) < 4.78 is 5.00. The molecule has 2 heterocycles. The van der Waals surface area contributed by atoms with Crippen LogP contribution in [0.5, 0.6) is 0 Å². The second-order valence-electron chi connectivity index (χ2n) is 3.80. The zero-order valence-corrected chi connectivity index (χ0v) is 10.7. The number of rotatable bonds is 3. The summed E-state index contributed by atoms with van der Waals surface area (Å²) >= 11 is 0. The van der Waals surface area contributed by atoms with E-state index in [1.54, 1.807) is 6.92 Å². The zero-order chi connectivity index (χ0) is 14.4. The van der Waals surface area contributed by atoms with E-state index in [0.29, 0.717) is 17.0 Å². The lowest BCUT2D eigenvalue weighted by molar-refractivity contribution is -0.117. The number of aryl methyl sites for hydroxylation is 1. The van der Waals surface area contributed by atoms with E-state index in [1.165, 1.54) is 43.1 Å². The molecule has 0 atom stereocenters. The Labute approximate surface area is 114 Å². The molecule has 2 N–H and O–H groups in total. The van der Waals surface area contributed by atoms with Gasteiger partial charge in [-0.3, -0.25) is 30.4 Å². The fourth-order valence-corrected chi connectivity index (χ4v) is 1.41. The second-order valence-corrected chi connectivity index (χ2v) is 3.80. The number of aromatic nitrogens is 2. The molecule has 2 rings (SSSR count). The van der Waals surface area contributed by atoms with Gasteiger partial charge in [-0.2, -0.15) is 0 Å². The quantitative estimate of drug-likeness (QED) is 0.637. The highest BCUT2D eigenvalue weighted by Gasteiger charge is 2.11. The first-order chi connectivity index (χ1) is 9.66. The normalized spacial score (nSPS) is 10.4. The lowest BCUT2D eigenvalue weighted by atomic mass is 10.2. The number of hydrazine groups is 1. The molecule has 0 aliphatic heterocycles. The molecule has 0 radical (unpaired) electrons. The highest BCUT2D eigenvalue weighted by molar-refractivity contribution is 5.98. The highest BCUT2D eigenvalue weighted by atomic mass is 16.3. The van der Waals surface area contributed by atoms with Gasteiger partial charge < -0.3 is 4.42 Å². The van der Waals surface area contributed by atoms with Crippen LogP contribution in [0.2, 0.25) is 0 Å². The maximum absolute atomic E-state index is 11.7. The third kappa shape index (κ3) is 3.52. The Bertz CT molecular complexity index is 634. The van der Waals surface area contributed by atoms with Gasteiger partial charge in [0.05, 0.1) is 23.7 Å². The van der Waals surface area contributed by atoms with E-state index >= 15 is 0 Å². The number of hydrogen-bond donors (Lipinski definition) is 2. The smallest absolute Gasteiger partial charge is 0.273 e. The SMILES string of the molecule is Cc1occc1C(=O)NNC(=O)C=Cc1cnccn1. The van der Waals surface area contributed by atoms with Gasteiger partial charge in [-0.25, -0.2) is 0 Å². The van der Waals surface area contributed by atoms with Crippen LogP contribution in [0, 0.1) is 6.92 Å². The summed E-state index contributed by atoms with van der Waals surface area (Å²) in [7, 11) is 0. The number of furan rings is 1. The summed E-state index contributed by atoms with van der Waals surface area (Å²) in [4.78, 5) is 31.0. The number of hydrogen-bond acceptors (Lipinski definition) is 5. The average Bonchev–Trinajstić information content (AvgIpc) is 2.90. The minimum atomic E-state index is -0.481. The third-order valence-electron chi connectivity index (χ3n) is 2.39. The van der Waals surface area contributed by atoms with Crippen molar-refractivity contribution in [2.75, 3.05) is 0 Å². The summed E-state index contributed by atoms with van der Waals surface area (Å²) in [6, 6.07) is 1.52. The van der Waals surface area contributed by atoms with Gasteiger partial charge in [-0.05, 0) is 19.1 Å².